The van der Waals surface area contributed by atoms with Crippen LogP contribution in [0.2, 0.25) is 5.28 Å². The van der Waals surface area contributed by atoms with Gasteiger partial charge in [0, 0.05) is 5.39 Å². The second-order valence-electron chi connectivity index (χ2n) is 3.12. The predicted molar refractivity (Wildman–Crippen MR) is 57.7 cm³/mol. The maximum absolute atomic E-state index is 5.97. The molecule has 3 rings (SSSR count). The molecule has 0 bridgehead atoms. The fourth-order valence-electron chi connectivity index (χ4n) is 1.56. The van der Waals surface area contributed by atoms with E-state index >= 15 is 0 Å². The fraction of sp³-hybridized carbons (Fsp3) is 0. The summed E-state index contributed by atoms with van der Waals surface area (Å²) in [7, 11) is 0. The summed E-state index contributed by atoms with van der Waals surface area (Å²) in [5, 5.41) is 8.89. The first-order valence-electron chi connectivity index (χ1n) is 4.32. The summed E-state index contributed by atoms with van der Waals surface area (Å²) in [4.78, 5) is 4.21. The second-order valence-corrected chi connectivity index (χ2v) is 3.45. The van der Waals surface area contributed by atoms with Crippen LogP contribution in [0.5, 0.6) is 0 Å². The molecule has 0 aliphatic carbocycles. The number of nitrogens with two attached hydrogens (primary N) is 1. The van der Waals surface area contributed by atoms with Crippen molar-refractivity contribution in [3.05, 3.63) is 29.5 Å². The number of para-hydroxylation sites is 1. The van der Waals surface area contributed by atoms with Gasteiger partial charge in [-0.2, -0.15) is 0 Å². The number of nitrogen functional groups attached to an aromatic ring is 1. The first kappa shape index (κ1) is 8.43. The summed E-state index contributed by atoms with van der Waals surface area (Å²) in [6.45, 7) is 0. The molecule has 2 aromatic heterocycles. The summed E-state index contributed by atoms with van der Waals surface area (Å²) in [6.07, 6.45) is 0. The topological polar surface area (TPSA) is 69.1 Å². The van der Waals surface area contributed by atoms with Gasteiger partial charge < -0.3 is 5.73 Å². The first-order chi connectivity index (χ1) is 7.27. The van der Waals surface area contributed by atoms with Crippen LogP contribution < -0.4 is 5.73 Å². The van der Waals surface area contributed by atoms with Gasteiger partial charge >= 0.3 is 0 Å². The molecule has 74 valence electrons. The van der Waals surface area contributed by atoms with Gasteiger partial charge in [-0.05, 0) is 23.7 Å². The third-order valence-corrected chi connectivity index (χ3v) is 2.48. The third kappa shape index (κ3) is 1.07. The second kappa shape index (κ2) is 2.80. The van der Waals surface area contributed by atoms with Crippen LogP contribution in [0.25, 0.3) is 16.6 Å². The van der Waals surface area contributed by atoms with E-state index in [1.54, 1.807) is 0 Å². The minimum atomic E-state index is 0.244. The van der Waals surface area contributed by atoms with Gasteiger partial charge in [0.15, 0.2) is 5.65 Å². The van der Waals surface area contributed by atoms with E-state index < -0.39 is 0 Å². The largest absolute Gasteiger partial charge is 0.368 e. The van der Waals surface area contributed by atoms with Crippen LogP contribution in [0, 0.1) is 0 Å². The molecule has 2 heterocycles. The zero-order valence-corrected chi connectivity index (χ0v) is 8.31. The molecule has 0 unspecified atom stereocenters. The molecule has 6 heteroatoms. The molecule has 0 atom stereocenters. The fourth-order valence-corrected chi connectivity index (χ4v) is 1.82. The molecule has 0 aliphatic rings. The lowest BCUT2D eigenvalue weighted by molar-refractivity contribution is 1.10. The van der Waals surface area contributed by atoms with Crippen molar-refractivity contribution in [2.45, 2.75) is 0 Å². The molecule has 0 spiro atoms. The third-order valence-electron chi connectivity index (χ3n) is 2.23. The molecule has 0 fully saturated rings. The maximum atomic E-state index is 5.97. The van der Waals surface area contributed by atoms with Gasteiger partial charge in [0.2, 0.25) is 11.2 Å². The first-order valence-corrected chi connectivity index (χ1v) is 4.70. The summed E-state index contributed by atoms with van der Waals surface area (Å²) in [5.41, 5.74) is 7.04. The normalized spacial score (nSPS) is 11.3. The Morgan fingerprint density at radius 3 is 2.87 bits per heavy atom. The lowest BCUT2D eigenvalue weighted by Crippen LogP contribution is -1.98. The minimum absolute atomic E-state index is 0.244. The van der Waals surface area contributed by atoms with E-state index in [4.69, 9.17) is 17.3 Å². The summed E-state index contributed by atoms with van der Waals surface area (Å²) < 4.78 is 1.52. The van der Waals surface area contributed by atoms with Crippen molar-refractivity contribution in [2.24, 2.45) is 0 Å². The molecule has 0 aliphatic heterocycles. The highest BCUT2D eigenvalue weighted by Crippen LogP contribution is 2.21. The zero-order valence-electron chi connectivity index (χ0n) is 7.55. The Morgan fingerprint density at radius 2 is 2.00 bits per heavy atom. The molecular formula is C9H6ClN5. The standard InChI is InChI=1S/C9H6ClN5/c10-8-12-6-4-2-1-3-5(6)7-13-14-9(11)15(7)8/h1-4H,(H2,11,14). The van der Waals surface area contributed by atoms with Crippen LogP contribution in [-0.2, 0) is 0 Å². The van der Waals surface area contributed by atoms with Crippen LogP contribution in [0.1, 0.15) is 0 Å². The Labute approximate surface area is 89.5 Å². The Kier molecular flexibility index (Phi) is 1.58. The Bertz CT molecular complexity index is 660. The Hall–Kier alpha value is -1.88. The van der Waals surface area contributed by atoms with Crippen molar-refractivity contribution in [1.29, 1.82) is 0 Å². The van der Waals surface area contributed by atoms with Gasteiger partial charge in [-0.15, -0.1) is 10.2 Å². The van der Waals surface area contributed by atoms with Crippen LogP contribution in [0.3, 0.4) is 0 Å². The van der Waals surface area contributed by atoms with Crippen LogP contribution >= 0.6 is 11.6 Å². The van der Waals surface area contributed by atoms with E-state index in [1.165, 1.54) is 4.40 Å². The molecule has 1 aromatic carbocycles. The van der Waals surface area contributed by atoms with Gasteiger partial charge in [-0.3, -0.25) is 0 Å². The van der Waals surface area contributed by atoms with E-state index in [1.807, 2.05) is 24.3 Å². The van der Waals surface area contributed by atoms with Crippen molar-refractivity contribution in [1.82, 2.24) is 19.6 Å². The molecule has 0 saturated heterocycles. The highest BCUT2D eigenvalue weighted by molar-refractivity contribution is 6.29. The van der Waals surface area contributed by atoms with Crippen molar-refractivity contribution in [2.75, 3.05) is 5.73 Å². The number of fused-ring (bicyclic) bond motifs is 3. The quantitative estimate of drug-likeness (QED) is 0.582. The van der Waals surface area contributed by atoms with Gasteiger partial charge in [0.25, 0.3) is 0 Å². The molecule has 2 N–H and O–H groups in total. The molecule has 3 aromatic rings. The molecule has 0 saturated carbocycles. The molecule has 0 amide bonds. The van der Waals surface area contributed by atoms with Crippen LogP contribution in [0.15, 0.2) is 24.3 Å². The number of anilines is 1. The van der Waals surface area contributed by atoms with Gasteiger partial charge in [0.05, 0.1) is 5.52 Å². The van der Waals surface area contributed by atoms with Crippen molar-refractivity contribution >= 4 is 34.1 Å². The lowest BCUT2D eigenvalue weighted by Gasteiger charge is -2.01. The average molecular weight is 220 g/mol. The van der Waals surface area contributed by atoms with E-state index in [0.29, 0.717) is 5.65 Å². The SMILES string of the molecule is Nc1nnc2c3ccccc3nc(Cl)n12. The average Bonchev–Trinajstić information content (AvgIpc) is 2.62. The van der Waals surface area contributed by atoms with Crippen LogP contribution in [-0.4, -0.2) is 19.6 Å². The van der Waals surface area contributed by atoms with E-state index in [0.717, 1.165) is 10.9 Å². The summed E-state index contributed by atoms with van der Waals surface area (Å²) in [5.74, 6) is 0.244. The zero-order chi connectivity index (χ0) is 10.4. The van der Waals surface area contributed by atoms with Crippen molar-refractivity contribution in [3.63, 3.8) is 0 Å². The number of benzene rings is 1. The number of nitrogens with zero attached hydrogens (tertiary/aromatic N) is 4. The minimum Gasteiger partial charge on any atom is -0.368 e. The highest BCUT2D eigenvalue weighted by Gasteiger charge is 2.10. The molecule has 0 radical (unpaired) electrons. The van der Waals surface area contributed by atoms with Crippen molar-refractivity contribution in [3.8, 4) is 0 Å². The number of halogens is 1. The summed E-state index contributed by atoms with van der Waals surface area (Å²) in [6, 6.07) is 7.57. The van der Waals surface area contributed by atoms with E-state index in [9.17, 15) is 0 Å². The van der Waals surface area contributed by atoms with Gasteiger partial charge in [-0.1, -0.05) is 12.1 Å². The van der Waals surface area contributed by atoms with Gasteiger partial charge in [-0.25, -0.2) is 9.38 Å². The predicted octanol–water partition coefficient (Wildman–Crippen LogP) is 1.51. The number of rotatable bonds is 0. The molecular weight excluding hydrogens is 214 g/mol. The Morgan fingerprint density at radius 1 is 1.20 bits per heavy atom. The smallest absolute Gasteiger partial charge is 0.228 e. The van der Waals surface area contributed by atoms with E-state index in [-0.39, 0.29) is 11.2 Å². The van der Waals surface area contributed by atoms with E-state index in [2.05, 4.69) is 15.2 Å². The maximum Gasteiger partial charge on any atom is 0.228 e. The lowest BCUT2D eigenvalue weighted by atomic mass is 10.2. The summed E-state index contributed by atoms with van der Waals surface area (Å²) >= 11 is 5.97. The number of hydrogen-bond acceptors (Lipinski definition) is 4. The molecule has 15 heavy (non-hydrogen) atoms. The van der Waals surface area contributed by atoms with Gasteiger partial charge in [0.1, 0.15) is 0 Å². The number of aromatic nitrogens is 4. The molecule has 5 nitrogen and oxygen atoms in total. The number of hydrogen-bond donors (Lipinski definition) is 1. The highest BCUT2D eigenvalue weighted by atomic mass is 35.5. The van der Waals surface area contributed by atoms with Crippen molar-refractivity contribution < 1.29 is 0 Å². The monoisotopic (exact) mass is 219 g/mol. The van der Waals surface area contributed by atoms with Crippen LogP contribution in [0.4, 0.5) is 5.95 Å². The Balaban J connectivity index is 2.65.